The summed E-state index contributed by atoms with van der Waals surface area (Å²) in [6, 6.07) is 9.03. The molecule has 0 spiro atoms. The number of nitrogens with zero attached hydrogens (tertiary/aromatic N) is 3. The zero-order valence-electron chi connectivity index (χ0n) is 16.0. The number of thioether (sulfide) groups is 1. The Balaban J connectivity index is 1.41. The third-order valence-electron chi connectivity index (χ3n) is 5.76. The van der Waals surface area contributed by atoms with Gasteiger partial charge in [-0.05, 0) is 38.7 Å². The van der Waals surface area contributed by atoms with Gasteiger partial charge >= 0.3 is 0 Å². The van der Waals surface area contributed by atoms with E-state index >= 15 is 0 Å². The fourth-order valence-corrected chi connectivity index (χ4v) is 4.99. The summed E-state index contributed by atoms with van der Waals surface area (Å²) in [6.07, 6.45) is 8.94. The largest absolute Gasteiger partial charge is 0.360 e. The van der Waals surface area contributed by atoms with E-state index in [4.69, 9.17) is 0 Å². The SMILES string of the molecule is C[C@H](Sc1nnc(-c2c[nH]c3ccccc23)n1C1CC1)C(=O)NC1CCCC1. The summed E-state index contributed by atoms with van der Waals surface area (Å²) >= 11 is 1.52. The van der Waals surface area contributed by atoms with Crippen LogP contribution in [0, 0.1) is 0 Å². The predicted octanol–water partition coefficient (Wildman–Crippen LogP) is 4.30. The van der Waals surface area contributed by atoms with Gasteiger partial charge in [0, 0.05) is 34.7 Å². The number of nitrogens with one attached hydrogen (secondary N) is 2. The molecule has 5 rings (SSSR count). The fourth-order valence-electron chi connectivity index (χ4n) is 4.06. The third-order valence-corrected chi connectivity index (χ3v) is 6.82. The Morgan fingerprint density at radius 1 is 1.21 bits per heavy atom. The lowest BCUT2D eigenvalue weighted by Crippen LogP contribution is -2.37. The molecule has 1 atom stereocenters. The van der Waals surface area contributed by atoms with Crippen molar-refractivity contribution in [3.05, 3.63) is 30.5 Å². The van der Waals surface area contributed by atoms with Crippen molar-refractivity contribution in [2.75, 3.05) is 0 Å². The van der Waals surface area contributed by atoms with Gasteiger partial charge in [-0.2, -0.15) is 0 Å². The lowest BCUT2D eigenvalue weighted by atomic mass is 10.1. The molecule has 2 N–H and O–H groups in total. The van der Waals surface area contributed by atoms with Crippen molar-refractivity contribution in [1.82, 2.24) is 25.1 Å². The molecule has 0 bridgehead atoms. The minimum absolute atomic E-state index is 0.107. The van der Waals surface area contributed by atoms with Crippen molar-refractivity contribution in [2.45, 2.75) is 67.9 Å². The first-order valence-corrected chi connectivity index (χ1v) is 11.1. The van der Waals surface area contributed by atoms with Crippen molar-refractivity contribution < 1.29 is 4.79 Å². The van der Waals surface area contributed by atoms with Crippen LogP contribution in [-0.2, 0) is 4.79 Å². The van der Waals surface area contributed by atoms with E-state index in [0.717, 1.165) is 53.1 Å². The van der Waals surface area contributed by atoms with Crippen LogP contribution in [0.25, 0.3) is 22.3 Å². The van der Waals surface area contributed by atoms with Crippen LogP contribution in [0.4, 0.5) is 0 Å². The predicted molar refractivity (Wildman–Crippen MR) is 111 cm³/mol. The second-order valence-corrected chi connectivity index (χ2v) is 9.21. The van der Waals surface area contributed by atoms with E-state index in [1.165, 1.54) is 24.6 Å². The Morgan fingerprint density at radius 3 is 2.79 bits per heavy atom. The number of carbonyl (C=O) groups excluding carboxylic acids is 1. The molecule has 1 aromatic carbocycles. The molecular weight excluding hydrogens is 370 g/mol. The Bertz CT molecular complexity index is 999. The number of fused-ring (bicyclic) bond motifs is 1. The lowest BCUT2D eigenvalue weighted by Gasteiger charge is -2.16. The minimum atomic E-state index is -0.182. The number of hydrogen-bond donors (Lipinski definition) is 2. The van der Waals surface area contributed by atoms with E-state index in [-0.39, 0.29) is 11.2 Å². The summed E-state index contributed by atoms with van der Waals surface area (Å²) in [4.78, 5) is 15.9. The molecule has 2 aliphatic carbocycles. The van der Waals surface area contributed by atoms with Gasteiger partial charge in [-0.25, -0.2) is 0 Å². The van der Waals surface area contributed by atoms with E-state index in [1.807, 2.05) is 25.3 Å². The van der Waals surface area contributed by atoms with Gasteiger partial charge in [0.05, 0.1) is 5.25 Å². The van der Waals surface area contributed by atoms with Crippen LogP contribution in [0.5, 0.6) is 0 Å². The highest BCUT2D eigenvalue weighted by atomic mass is 32.2. The first-order chi connectivity index (χ1) is 13.7. The smallest absolute Gasteiger partial charge is 0.233 e. The molecule has 3 aromatic rings. The van der Waals surface area contributed by atoms with Crippen molar-refractivity contribution in [3.63, 3.8) is 0 Å². The van der Waals surface area contributed by atoms with Gasteiger partial charge in [-0.1, -0.05) is 42.8 Å². The van der Waals surface area contributed by atoms with Gasteiger partial charge in [0.2, 0.25) is 5.91 Å². The second kappa shape index (κ2) is 7.28. The summed E-state index contributed by atoms with van der Waals surface area (Å²) in [5.41, 5.74) is 2.17. The van der Waals surface area contributed by atoms with Gasteiger partial charge < -0.3 is 10.3 Å². The highest BCUT2D eigenvalue weighted by Gasteiger charge is 2.32. The van der Waals surface area contributed by atoms with Crippen LogP contribution in [0.15, 0.2) is 35.6 Å². The molecule has 2 saturated carbocycles. The first kappa shape index (κ1) is 17.8. The molecule has 7 heteroatoms. The molecule has 2 heterocycles. The number of amides is 1. The highest BCUT2D eigenvalue weighted by molar-refractivity contribution is 8.00. The fraction of sp³-hybridized carbons (Fsp3) is 0.476. The lowest BCUT2D eigenvalue weighted by molar-refractivity contribution is -0.120. The van der Waals surface area contributed by atoms with Gasteiger partial charge in [0.15, 0.2) is 11.0 Å². The monoisotopic (exact) mass is 395 g/mol. The Hall–Kier alpha value is -2.28. The molecule has 0 saturated heterocycles. The molecule has 2 fully saturated rings. The van der Waals surface area contributed by atoms with Gasteiger partial charge in [0.1, 0.15) is 0 Å². The minimum Gasteiger partial charge on any atom is -0.360 e. The standard InChI is InChI=1S/C21H25N5OS/c1-13(20(27)23-14-6-2-3-7-14)28-21-25-24-19(26(21)15-10-11-15)17-12-22-18-9-5-4-8-16(17)18/h4-5,8-9,12-15,22H,2-3,6-7,10-11H2,1H3,(H,23,27)/t13-/m0/s1. The summed E-state index contributed by atoms with van der Waals surface area (Å²) in [5, 5.41) is 14.0. The number of benzene rings is 1. The second-order valence-electron chi connectivity index (χ2n) is 7.91. The maximum Gasteiger partial charge on any atom is 0.233 e. The number of hydrogen-bond acceptors (Lipinski definition) is 4. The van der Waals surface area contributed by atoms with E-state index in [0.29, 0.717) is 12.1 Å². The molecule has 2 aliphatic rings. The number of para-hydroxylation sites is 1. The van der Waals surface area contributed by atoms with Crippen LogP contribution in [0.2, 0.25) is 0 Å². The molecule has 0 radical (unpaired) electrons. The van der Waals surface area contributed by atoms with Crippen LogP contribution in [-0.4, -0.2) is 36.9 Å². The van der Waals surface area contributed by atoms with Gasteiger partial charge in [0.25, 0.3) is 0 Å². The molecule has 0 unspecified atom stereocenters. The summed E-state index contributed by atoms with van der Waals surface area (Å²) in [7, 11) is 0. The van der Waals surface area contributed by atoms with Crippen LogP contribution in [0.3, 0.4) is 0 Å². The molecule has 0 aliphatic heterocycles. The van der Waals surface area contributed by atoms with E-state index in [2.05, 4.69) is 37.2 Å². The Labute approximate surface area is 168 Å². The normalized spacial score (nSPS) is 18.6. The summed E-state index contributed by atoms with van der Waals surface area (Å²) in [6.45, 7) is 1.96. The number of aromatic nitrogens is 4. The van der Waals surface area contributed by atoms with Crippen molar-refractivity contribution in [3.8, 4) is 11.4 Å². The highest BCUT2D eigenvalue weighted by Crippen LogP contribution is 2.42. The maximum absolute atomic E-state index is 12.6. The zero-order valence-corrected chi connectivity index (χ0v) is 16.8. The molecule has 28 heavy (non-hydrogen) atoms. The van der Waals surface area contributed by atoms with E-state index in [9.17, 15) is 4.79 Å². The number of H-pyrrole nitrogens is 1. The summed E-state index contributed by atoms with van der Waals surface area (Å²) in [5.74, 6) is 1.00. The van der Waals surface area contributed by atoms with E-state index in [1.54, 1.807) is 0 Å². The zero-order chi connectivity index (χ0) is 19.1. The average molecular weight is 396 g/mol. The molecule has 2 aromatic heterocycles. The maximum atomic E-state index is 12.6. The molecule has 146 valence electrons. The van der Waals surface area contributed by atoms with Gasteiger partial charge in [-0.15, -0.1) is 10.2 Å². The van der Waals surface area contributed by atoms with Gasteiger partial charge in [-0.3, -0.25) is 9.36 Å². The molecule has 6 nitrogen and oxygen atoms in total. The number of rotatable bonds is 6. The average Bonchev–Trinajstić information content (AvgIpc) is 3.09. The topological polar surface area (TPSA) is 75.6 Å². The molecule has 1 amide bonds. The molecular formula is C21H25N5OS. The van der Waals surface area contributed by atoms with Crippen LogP contribution >= 0.6 is 11.8 Å². The number of aromatic amines is 1. The third kappa shape index (κ3) is 3.32. The summed E-state index contributed by atoms with van der Waals surface area (Å²) < 4.78 is 2.24. The van der Waals surface area contributed by atoms with Crippen molar-refractivity contribution in [2.24, 2.45) is 0 Å². The Morgan fingerprint density at radius 2 is 2.00 bits per heavy atom. The van der Waals surface area contributed by atoms with Crippen molar-refractivity contribution in [1.29, 1.82) is 0 Å². The van der Waals surface area contributed by atoms with E-state index < -0.39 is 0 Å². The quantitative estimate of drug-likeness (QED) is 0.610. The van der Waals surface area contributed by atoms with Crippen LogP contribution < -0.4 is 5.32 Å². The Kier molecular flexibility index (Phi) is 4.62. The number of carbonyl (C=O) groups is 1. The first-order valence-electron chi connectivity index (χ1n) is 10.2. The van der Waals surface area contributed by atoms with Crippen LogP contribution in [0.1, 0.15) is 51.5 Å². The van der Waals surface area contributed by atoms with Crippen molar-refractivity contribution >= 4 is 28.6 Å².